The molecule has 1 heterocycles. The largest absolute Gasteiger partial charge is 0.495 e. The molecule has 1 atom stereocenters. The Kier molecular flexibility index (Phi) is 7.26. The molecule has 1 aliphatic carbocycles. The molecule has 8 nitrogen and oxygen atoms in total. The number of carbonyl (C=O) groups excluding carboxylic acids is 2. The Morgan fingerprint density at radius 2 is 1.74 bits per heavy atom. The Bertz CT molecular complexity index is 911. The van der Waals surface area contributed by atoms with Gasteiger partial charge in [0.2, 0.25) is 21.8 Å². The molecule has 31 heavy (non-hydrogen) atoms. The first-order valence-electron chi connectivity index (χ1n) is 10.9. The number of rotatable bonds is 5. The van der Waals surface area contributed by atoms with Crippen molar-refractivity contribution in [2.24, 2.45) is 0 Å². The van der Waals surface area contributed by atoms with E-state index in [4.69, 9.17) is 4.74 Å². The molecule has 0 spiro atoms. The van der Waals surface area contributed by atoms with Crippen molar-refractivity contribution < 1.29 is 22.7 Å². The molecule has 1 N–H and O–H groups in total. The van der Waals surface area contributed by atoms with Crippen molar-refractivity contribution in [3.05, 3.63) is 24.3 Å². The Morgan fingerprint density at radius 3 is 2.35 bits per heavy atom. The molecule has 2 amide bonds. The molecule has 1 unspecified atom stereocenters. The molecule has 1 aromatic rings. The summed E-state index contributed by atoms with van der Waals surface area (Å²) < 4.78 is 31.1. The summed E-state index contributed by atoms with van der Waals surface area (Å²) in [6.07, 6.45) is 8.46. The van der Waals surface area contributed by atoms with Gasteiger partial charge in [0.1, 0.15) is 11.3 Å². The second kappa shape index (κ2) is 9.56. The van der Waals surface area contributed by atoms with Crippen molar-refractivity contribution in [1.82, 2.24) is 9.62 Å². The van der Waals surface area contributed by atoms with Gasteiger partial charge in [0, 0.05) is 12.6 Å². The van der Waals surface area contributed by atoms with E-state index in [9.17, 15) is 18.0 Å². The fourth-order valence-corrected chi connectivity index (χ4v) is 5.36. The van der Waals surface area contributed by atoms with Gasteiger partial charge >= 0.3 is 0 Å². The average Bonchev–Trinajstić information content (AvgIpc) is 2.69. The lowest BCUT2D eigenvalue weighted by molar-refractivity contribution is -0.133. The number of nitrogens with zero attached hydrogens (tertiary/aromatic N) is 2. The zero-order valence-corrected chi connectivity index (χ0v) is 19.4. The lowest BCUT2D eigenvalue weighted by atomic mass is 9.92. The summed E-state index contributed by atoms with van der Waals surface area (Å²) in [4.78, 5) is 28.2. The number of nitrogens with one attached hydrogen (secondary N) is 1. The fourth-order valence-electron chi connectivity index (χ4n) is 4.53. The van der Waals surface area contributed by atoms with Gasteiger partial charge in [0.25, 0.3) is 0 Å². The van der Waals surface area contributed by atoms with E-state index in [-0.39, 0.29) is 25.0 Å². The van der Waals surface area contributed by atoms with Crippen LogP contribution in [0, 0.1) is 0 Å². The summed E-state index contributed by atoms with van der Waals surface area (Å²) in [6, 6.07) is 7.01. The van der Waals surface area contributed by atoms with Gasteiger partial charge in [0.05, 0.1) is 25.6 Å². The second-order valence-corrected chi connectivity index (χ2v) is 10.7. The number of sulfonamides is 1. The van der Waals surface area contributed by atoms with Crippen LogP contribution in [0.5, 0.6) is 5.75 Å². The lowest BCUT2D eigenvalue weighted by Gasteiger charge is -2.47. The topological polar surface area (TPSA) is 96.0 Å². The highest BCUT2D eigenvalue weighted by Crippen LogP contribution is 2.36. The first-order valence-corrected chi connectivity index (χ1v) is 12.7. The van der Waals surface area contributed by atoms with Crippen LogP contribution in [0.1, 0.15) is 51.9 Å². The van der Waals surface area contributed by atoms with Crippen LogP contribution in [-0.4, -0.2) is 62.6 Å². The molecule has 1 aliphatic heterocycles. The van der Waals surface area contributed by atoms with Crippen molar-refractivity contribution in [3.8, 4) is 5.75 Å². The molecule has 172 valence electrons. The molecule has 0 radical (unpaired) electrons. The number of anilines is 1. The van der Waals surface area contributed by atoms with E-state index < -0.39 is 21.5 Å². The molecule has 1 saturated carbocycles. The SMILES string of the molecule is COc1ccccc1N1C(=O)CN(S(C)(=O)=O)CC1(C)C(=O)NC1CCCCCCC1. The van der Waals surface area contributed by atoms with Crippen LogP contribution in [0.2, 0.25) is 0 Å². The maximum Gasteiger partial charge on any atom is 0.247 e. The van der Waals surface area contributed by atoms with Gasteiger partial charge in [0.15, 0.2) is 0 Å². The summed E-state index contributed by atoms with van der Waals surface area (Å²) in [5.74, 6) is -0.351. The minimum Gasteiger partial charge on any atom is -0.495 e. The smallest absolute Gasteiger partial charge is 0.247 e. The molecule has 9 heteroatoms. The van der Waals surface area contributed by atoms with E-state index in [1.54, 1.807) is 31.2 Å². The third-order valence-electron chi connectivity index (χ3n) is 6.26. The second-order valence-electron chi connectivity index (χ2n) is 8.72. The van der Waals surface area contributed by atoms with Gasteiger partial charge in [-0.25, -0.2) is 8.42 Å². The molecule has 0 bridgehead atoms. The molecule has 1 saturated heterocycles. The number of methoxy groups -OCH3 is 1. The van der Waals surface area contributed by atoms with Crippen LogP contribution in [0.4, 0.5) is 5.69 Å². The van der Waals surface area contributed by atoms with E-state index in [2.05, 4.69) is 5.32 Å². The standard InChI is InChI=1S/C22H33N3O5S/c1-22(21(27)23-17-11-7-5-4-6-8-12-17)16-24(31(3,28)29)15-20(26)25(22)18-13-9-10-14-19(18)30-2/h9-10,13-14,17H,4-8,11-12,15-16H2,1-3H3,(H,23,27). The minimum atomic E-state index is -3.65. The normalized spacial score (nSPS) is 24.4. The van der Waals surface area contributed by atoms with E-state index in [0.717, 1.165) is 49.1 Å². The number of hydrogen-bond donors (Lipinski definition) is 1. The number of piperazine rings is 1. The summed E-state index contributed by atoms with van der Waals surface area (Å²) in [6.45, 7) is 1.20. The van der Waals surface area contributed by atoms with Gasteiger partial charge in [-0.15, -0.1) is 0 Å². The van der Waals surface area contributed by atoms with Crippen molar-refractivity contribution >= 4 is 27.5 Å². The van der Waals surface area contributed by atoms with Crippen LogP contribution in [0.25, 0.3) is 0 Å². The van der Waals surface area contributed by atoms with Gasteiger partial charge < -0.3 is 10.1 Å². The van der Waals surface area contributed by atoms with E-state index in [0.29, 0.717) is 11.4 Å². The van der Waals surface area contributed by atoms with Crippen LogP contribution in [0.3, 0.4) is 0 Å². The third-order valence-corrected chi connectivity index (χ3v) is 7.46. The molecule has 2 aliphatic rings. The maximum atomic E-state index is 13.6. The van der Waals surface area contributed by atoms with Gasteiger partial charge in [-0.05, 0) is 31.9 Å². The molecular formula is C22H33N3O5S. The summed E-state index contributed by atoms with van der Waals surface area (Å²) in [7, 11) is -2.15. The van der Waals surface area contributed by atoms with Crippen molar-refractivity contribution in [2.75, 3.05) is 31.4 Å². The number of para-hydroxylation sites is 2. The zero-order valence-electron chi connectivity index (χ0n) is 18.6. The zero-order chi connectivity index (χ0) is 22.6. The number of benzene rings is 1. The molecular weight excluding hydrogens is 418 g/mol. The van der Waals surface area contributed by atoms with Crippen LogP contribution in [-0.2, 0) is 19.6 Å². The van der Waals surface area contributed by atoms with Crippen molar-refractivity contribution in [1.29, 1.82) is 0 Å². The van der Waals surface area contributed by atoms with E-state index >= 15 is 0 Å². The highest BCUT2D eigenvalue weighted by atomic mass is 32.2. The van der Waals surface area contributed by atoms with Crippen molar-refractivity contribution in [3.63, 3.8) is 0 Å². The number of ether oxygens (including phenoxy) is 1. The summed E-state index contributed by atoms with van der Waals surface area (Å²) >= 11 is 0. The first-order chi connectivity index (χ1) is 14.7. The predicted octanol–water partition coefficient (Wildman–Crippen LogP) is 2.29. The maximum absolute atomic E-state index is 13.6. The third kappa shape index (κ3) is 5.20. The van der Waals surface area contributed by atoms with Gasteiger partial charge in [-0.3, -0.25) is 14.5 Å². The molecule has 1 aromatic carbocycles. The quantitative estimate of drug-likeness (QED) is 0.741. The molecule has 0 aromatic heterocycles. The average molecular weight is 452 g/mol. The Hall–Kier alpha value is -2.13. The number of amides is 2. The Labute approximate surface area is 185 Å². The Balaban J connectivity index is 1.97. The minimum absolute atomic E-state index is 0.0212. The van der Waals surface area contributed by atoms with Crippen LogP contribution >= 0.6 is 0 Å². The van der Waals surface area contributed by atoms with Gasteiger partial charge in [-0.2, -0.15) is 4.31 Å². The fraction of sp³-hybridized carbons (Fsp3) is 0.636. The summed E-state index contributed by atoms with van der Waals surface area (Å²) in [5.41, 5.74) is -0.950. The number of hydrogen-bond acceptors (Lipinski definition) is 5. The first kappa shape index (κ1) is 23.5. The predicted molar refractivity (Wildman–Crippen MR) is 120 cm³/mol. The summed E-state index contributed by atoms with van der Waals surface area (Å²) in [5, 5.41) is 3.13. The molecule has 2 fully saturated rings. The lowest BCUT2D eigenvalue weighted by Crippen LogP contribution is -2.70. The van der Waals surface area contributed by atoms with Crippen LogP contribution in [0.15, 0.2) is 24.3 Å². The van der Waals surface area contributed by atoms with Crippen LogP contribution < -0.4 is 15.0 Å². The highest BCUT2D eigenvalue weighted by molar-refractivity contribution is 7.88. The van der Waals surface area contributed by atoms with E-state index in [1.165, 1.54) is 18.4 Å². The monoisotopic (exact) mass is 451 g/mol. The van der Waals surface area contributed by atoms with E-state index in [1.807, 2.05) is 0 Å². The van der Waals surface area contributed by atoms with Gasteiger partial charge in [-0.1, -0.05) is 44.2 Å². The highest BCUT2D eigenvalue weighted by Gasteiger charge is 2.51. The number of carbonyl (C=O) groups is 2. The molecule has 3 rings (SSSR count). The van der Waals surface area contributed by atoms with Crippen molar-refractivity contribution in [2.45, 2.75) is 63.5 Å². The Morgan fingerprint density at radius 1 is 1.13 bits per heavy atom.